The number of non-ortho nitro benzene ring substituents is 2. The lowest BCUT2D eigenvalue weighted by Gasteiger charge is -2.42. The summed E-state index contributed by atoms with van der Waals surface area (Å²) in [5.74, 6) is 5.07. The van der Waals surface area contributed by atoms with Crippen LogP contribution in [-0.2, 0) is 5.41 Å². The molecule has 0 N–H and O–H groups in total. The molecule has 4 aromatic rings. The van der Waals surface area contributed by atoms with Gasteiger partial charge in [-0.3, -0.25) is 20.2 Å². The molecule has 59 heavy (non-hydrogen) atoms. The van der Waals surface area contributed by atoms with E-state index in [9.17, 15) is 20.2 Å². The fourth-order valence-electron chi connectivity index (χ4n) is 9.81. The van der Waals surface area contributed by atoms with Crippen LogP contribution in [0.2, 0.25) is 0 Å². The van der Waals surface area contributed by atoms with E-state index in [4.69, 9.17) is 9.47 Å². The Balaban J connectivity index is 0.999. The molecule has 0 aliphatic heterocycles. The molecule has 0 unspecified atom stereocenters. The monoisotopic (exact) mass is 802 g/mol. The largest absolute Gasteiger partial charge is 0.457 e. The zero-order valence-corrected chi connectivity index (χ0v) is 35.4. The maximum atomic E-state index is 11.1. The van der Waals surface area contributed by atoms with Crippen LogP contribution in [0, 0.1) is 38.0 Å². The number of hydrogen-bond acceptors (Lipinski definition) is 6. The minimum atomic E-state index is -0.410. The Morgan fingerprint density at radius 3 is 1.15 bits per heavy atom. The first-order chi connectivity index (χ1) is 28.8. The maximum absolute atomic E-state index is 11.1. The highest BCUT2D eigenvalue weighted by Gasteiger charge is 2.38. The minimum Gasteiger partial charge on any atom is -0.457 e. The highest BCUT2D eigenvalue weighted by molar-refractivity contribution is 5.46. The lowest BCUT2D eigenvalue weighted by atomic mass is 9.62. The first kappa shape index (κ1) is 43.8. The average molecular weight is 803 g/mol. The molecule has 8 heteroatoms. The zero-order chi connectivity index (χ0) is 41.3. The van der Waals surface area contributed by atoms with Crippen molar-refractivity contribution in [1.82, 2.24) is 0 Å². The van der Waals surface area contributed by atoms with Gasteiger partial charge in [0.05, 0.1) is 9.85 Å². The number of nitro benzene ring substituents is 2. The third-order valence-electron chi connectivity index (χ3n) is 13.5. The van der Waals surface area contributed by atoms with Crippen molar-refractivity contribution < 1.29 is 19.3 Å². The van der Waals surface area contributed by atoms with Crippen molar-refractivity contribution in [3.63, 3.8) is 0 Å². The summed E-state index contributed by atoms with van der Waals surface area (Å²) < 4.78 is 12.2. The van der Waals surface area contributed by atoms with Crippen molar-refractivity contribution >= 4 is 11.4 Å². The lowest BCUT2D eigenvalue weighted by molar-refractivity contribution is -0.385. The Labute approximate surface area is 352 Å². The van der Waals surface area contributed by atoms with E-state index < -0.39 is 9.85 Å². The van der Waals surface area contributed by atoms with Gasteiger partial charge in [-0.15, -0.1) is 0 Å². The predicted molar refractivity (Wildman–Crippen MR) is 238 cm³/mol. The van der Waals surface area contributed by atoms with Gasteiger partial charge in [0.25, 0.3) is 11.4 Å². The molecular weight excluding hydrogens is 737 g/mol. The molecule has 0 heterocycles. The van der Waals surface area contributed by atoms with Crippen LogP contribution in [0.5, 0.6) is 23.0 Å². The quantitative estimate of drug-likeness (QED) is 0.0420. The molecular formula is C51H66N2O6. The molecule has 0 aromatic heterocycles. The topological polar surface area (TPSA) is 105 Å². The van der Waals surface area contributed by atoms with E-state index in [2.05, 4.69) is 31.2 Å². The smallest absolute Gasteiger partial charge is 0.269 e. The summed E-state index contributed by atoms with van der Waals surface area (Å²) in [5, 5.41) is 22.2. The van der Waals surface area contributed by atoms with Gasteiger partial charge in [0.15, 0.2) is 0 Å². The van der Waals surface area contributed by atoms with Gasteiger partial charge < -0.3 is 9.47 Å². The molecule has 0 radical (unpaired) electrons. The number of nitro groups is 2. The van der Waals surface area contributed by atoms with Gasteiger partial charge in [-0.1, -0.05) is 147 Å². The van der Waals surface area contributed by atoms with E-state index in [0.717, 1.165) is 30.6 Å². The van der Waals surface area contributed by atoms with E-state index >= 15 is 0 Å². The van der Waals surface area contributed by atoms with Gasteiger partial charge in [-0.2, -0.15) is 0 Å². The molecule has 316 valence electrons. The van der Waals surface area contributed by atoms with E-state index in [0.29, 0.717) is 23.0 Å². The molecule has 0 atom stereocenters. The molecule has 0 amide bonds. The third kappa shape index (κ3) is 13.1. The van der Waals surface area contributed by atoms with Crippen LogP contribution in [0.3, 0.4) is 0 Å². The lowest BCUT2D eigenvalue weighted by Crippen LogP contribution is -2.33. The van der Waals surface area contributed by atoms with Crippen molar-refractivity contribution in [1.29, 1.82) is 0 Å². The van der Waals surface area contributed by atoms with E-state index in [1.165, 1.54) is 164 Å². The van der Waals surface area contributed by atoms with E-state index in [1.54, 1.807) is 24.3 Å². The summed E-state index contributed by atoms with van der Waals surface area (Å²) in [6.07, 6.45) is 30.0. The highest BCUT2D eigenvalue weighted by atomic mass is 16.6. The Bertz CT molecular complexity index is 1740. The van der Waals surface area contributed by atoms with Crippen LogP contribution in [0.1, 0.15) is 159 Å². The van der Waals surface area contributed by atoms with Gasteiger partial charge in [0.1, 0.15) is 23.0 Å². The van der Waals surface area contributed by atoms with Crippen LogP contribution in [0.4, 0.5) is 11.4 Å². The second-order valence-electron chi connectivity index (χ2n) is 17.6. The molecule has 4 aromatic carbocycles. The molecule has 8 nitrogen and oxygen atoms in total. The van der Waals surface area contributed by atoms with Crippen LogP contribution in [0.25, 0.3) is 0 Å². The molecule has 2 aliphatic rings. The standard InChI is InChI=1S/C51H66N2O6/c1-2-3-4-5-6-7-8-9-10-11-12-13-40-14-16-41(17-15-40)18-19-42-36-38-51(39-37-42,43-20-28-47(29-21-43)58-49-32-24-45(25-33-49)52(54)55)44-22-30-48(31-23-44)59-50-34-26-46(27-35-50)53(56)57/h20-35,40-42H,2-19,36-39H2,1H3. The van der Waals surface area contributed by atoms with Crippen molar-refractivity contribution in [3.05, 3.63) is 128 Å². The van der Waals surface area contributed by atoms with Crippen LogP contribution < -0.4 is 9.47 Å². The van der Waals surface area contributed by atoms with Crippen molar-refractivity contribution in [2.45, 2.75) is 154 Å². The highest BCUT2D eigenvalue weighted by Crippen LogP contribution is 2.49. The zero-order valence-electron chi connectivity index (χ0n) is 35.4. The Kier molecular flexibility index (Phi) is 16.8. The van der Waals surface area contributed by atoms with Crippen LogP contribution in [0.15, 0.2) is 97.1 Å². The molecule has 2 aliphatic carbocycles. The second-order valence-corrected chi connectivity index (χ2v) is 17.6. The molecule has 2 fully saturated rings. The number of hydrogen-bond donors (Lipinski definition) is 0. The van der Waals surface area contributed by atoms with Crippen LogP contribution in [-0.4, -0.2) is 9.85 Å². The molecule has 0 spiro atoms. The Morgan fingerprint density at radius 1 is 0.458 bits per heavy atom. The predicted octanol–water partition coefficient (Wildman–Crippen LogP) is 15.9. The second kappa shape index (κ2) is 22.6. The molecule has 6 rings (SSSR count). The normalized spacial score (nSPS) is 18.0. The number of rotatable bonds is 23. The fraction of sp³-hybridized carbons (Fsp3) is 0.529. The maximum Gasteiger partial charge on any atom is 0.269 e. The summed E-state index contributed by atoms with van der Waals surface area (Å²) in [7, 11) is 0. The number of benzene rings is 4. The summed E-state index contributed by atoms with van der Waals surface area (Å²) in [6, 6.07) is 29.1. The minimum absolute atomic E-state index is 0.0341. The Hall–Kier alpha value is -4.72. The van der Waals surface area contributed by atoms with Crippen LogP contribution >= 0.6 is 0 Å². The van der Waals surface area contributed by atoms with E-state index in [-0.39, 0.29) is 16.8 Å². The molecule has 0 bridgehead atoms. The van der Waals surface area contributed by atoms with Gasteiger partial charge in [-0.25, -0.2) is 0 Å². The van der Waals surface area contributed by atoms with E-state index in [1.807, 2.05) is 24.3 Å². The fourth-order valence-corrected chi connectivity index (χ4v) is 9.81. The van der Waals surface area contributed by atoms with Crippen molar-refractivity contribution in [2.24, 2.45) is 17.8 Å². The molecule has 0 saturated heterocycles. The average Bonchev–Trinajstić information content (AvgIpc) is 3.26. The number of nitrogens with zero attached hydrogens (tertiary/aromatic N) is 2. The van der Waals surface area contributed by atoms with Gasteiger partial charge >= 0.3 is 0 Å². The SMILES string of the molecule is CCCCCCCCCCCCCC1CCC(CCC2CCC(c3ccc(Oc4ccc([N+](=O)[O-])cc4)cc3)(c3ccc(Oc4ccc([N+](=O)[O-])cc4)cc3)CC2)CC1. The van der Waals surface area contributed by atoms with Gasteiger partial charge in [0, 0.05) is 29.7 Å². The van der Waals surface area contributed by atoms with Crippen molar-refractivity contribution in [2.75, 3.05) is 0 Å². The summed E-state index contributed by atoms with van der Waals surface area (Å²) in [6.45, 7) is 2.29. The summed E-state index contributed by atoms with van der Waals surface area (Å²) >= 11 is 0. The Morgan fingerprint density at radius 2 is 0.780 bits per heavy atom. The number of unbranched alkanes of at least 4 members (excludes halogenated alkanes) is 10. The van der Waals surface area contributed by atoms with Gasteiger partial charge in [0.2, 0.25) is 0 Å². The van der Waals surface area contributed by atoms with Crippen molar-refractivity contribution in [3.8, 4) is 23.0 Å². The molecule has 2 saturated carbocycles. The first-order valence-corrected chi connectivity index (χ1v) is 22.9. The first-order valence-electron chi connectivity index (χ1n) is 22.9. The van der Waals surface area contributed by atoms with Gasteiger partial charge in [-0.05, 0) is 103 Å². The number of ether oxygens (including phenoxy) is 2. The summed E-state index contributed by atoms with van der Waals surface area (Å²) in [4.78, 5) is 21.4. The summed E-state index contributed by atoms with van der Waals surface area (Å²) in [5.41, 5.74) is 2.43. The third-order valence-corrected chi connectivity index (χ3v) is 13.5.